The number of rotatable bonds is 6. The molecule has 0 saturated heterocycles. The van der Waals surface area contributed by atoms with E-state index in [1.165, 1.54) is 36.4 Å². The zero-order chi connectivity index (χ0) is 27.8. The molecule has 5 rings (SSSR count). The SMILES string of the molecule is Cc1ccccc1CNC(=O)[C@@H]1Cc2ccccc2N1S(=O)(=O)c1ccc(-c2cccc(C(F)(F)F)c2)cc1. The molecule has 0 aromatic heterocycles. The number of carbonyl (C=O) groups excluding carboxylic acids is 1. The van der Waals surface area contributed by atoms with E-state index >= 15 is 0 Å². The molecule has 4 aromatic carbocycles. The molecule has 0 saturated carbocycles. The molecule has 0 aliphatic carbocycles. The highest BCUT2D eigenvalue weighted by Crippen LogP contribution is 2.38. The van der Waals surface area contributed by atoms with Gasteiger partial charge in [0.15, 0.2) is 0 Å². The quantitative estimate of drug-likeness (QED) is 0.315. The fraction of sp³-hybridized carbons (Fsp3) is 0.167. The van der Waals surface area contributed by atoms with Crippen molar-refractivity contribution in [3.63, 3.8) is 0 Å². The lowest BCUT2D eigenvalue weighted by atomic mass is 10.0. The number of aryl methyl sites for hydroxylation is 1. The van der Waals surface area contributed by atoms with Crippen molar-refractivity contribution in [3.8, 4) is 11.1 Å². The maximum absolute atomic E-state index is 13.9. The molecule has 1 heterocycles. The van der Waals surface area contributed by atoms with Gasteiger partial charge in [0.1, 0.15) is 6.04 Å². The van der Waals surface area contributed by atoms with Gasteiger partial charge in [0.05, 0.1) is 16.1 Å². The molecule has 0 unspecified atom stereocenters. The van der Waals surface area contributed by atoms with E-state index in [9.17, 15) is 26.4 Å². The van der Waals surface area contributed by atoms with Crippen LogP contribution in [0.5, 0.6) is 0 Å². The van der Waals surface area contributed by atoms with Gasteiger partial charge in [0.2, 0.25) is 5.91 Å². The van der Waals surface area contributed by atoms with E-state index in [2.05, 4.69) is 5.32 Å². The van der Waals surface area contributed by atoms with E-state index in [4.69, 9.17) is 0 Å². The topological polar surface area (TPSA) is 66.5 Å². The first kappa shape index (κ1) is 26.5. The van der Waals surface area contributed by atoms with E-state index in [0.29, 0.717) is 16.8 Å². The van der Waals surface area contributed by atoms with Gasteiger partial charge in [0, 0.05) is 13.0 Å². The molecular weight excluding hydrogens is 525 g/mol. The predicted molar refractivity (Wildman–Crippen MR) is 144 cm³/mol. The Morgan fingerprint density at radius 1 is 0.897 bits per heavy atom. The number of benzene rings is 4. The van der Waals surface area contributed by atoms with Crippen LogP contribution in [0.4, 0.5) is 18.9 Å². The number of amides is 1. The van der Waals surface area contributed by atoms with E-state index < -0.39 is 33.7 Å². The minimum absolute atomic E-state index is 0.0633. The molecule has 200 valence electrons. The van der Waals surface area contributed by atoms with Gasteiger partial charge in [-0.15, -0.1) is 0 Å². The summed E-state index contributed by atoms with van der Waals surface area (Å²) in [6, 6.07) is 24.1. The zero-order valence-electron chi connectivity index (χ0n) is 20.9. The third kappa shape index (κ3) is 5.27. The summed E-state index contributed by atoms with van der Waals surface area (Å²) >= 11 is 0. The Bertz CT molecular complexity index is 1630. The number of halogens is 3. The average Bonchev–Trinajstić information content (AvgIpc) is 3.33. The number of carbonyl (C=O) groups is 1. The third-order valence-corrected chi connectivity index (χ3v) is 8.71. The number of hydrogen-bond donors (Lipinski definition) is 1. The lowest BCUT2D eigenvalue weighted by molar-refractivity contribution is -0.137. The fourth-order valence-electron chi connectivity index (χ4n) is 4.77. The van der Waals surface area contributed by atoms with Gasteiger partial charge in [-0.2, -0.15) is 13.2 Å². The number of nitrogens with one attached hydrogen (secondary N) is 1. The summed E-state index contributed by atoms with van der Waals surface area (Å²) < 4.78 is 68.3. The molecular formula is C30H25F3N2O3S. The van der Waals surface area contributed by atoms with Crippen molar-refractivity contribution in [1.29, 1.82) is 0 Å². The second-order valence-electron chi connectivity index (χ2n) is 9.40. The molecule has 0 bridgehead atoms. The van der Waals surface area contributed by atoms with Crippen LogP contribution in [0.1, 0.15) is 22.3 Å². The number of fused-ring (bicyclic) bond motifs is 1. The predicted octanol–water partition coefficient (Wildman–Crippen LogP) is 6.12. The van der Waals surface area contributed by atoms with Crippen LogP contribution in [-0.4, -0.2) is 20.4 Å². The molecule has 0 radical (unpaired) electrons. The molecule has 0 spiro atoms. The monoisotopic (exact) mass is 550 g/mol. The molecule has 1 aliphatic heterocycles. The summed E-state index contributed by atoms with van der Waals surface area (Å²) in [6.07, 6.45) is -4.27. The van der Waals surface area contributed by atoms with Crippen molar-refractivity contribution < 1.29 is 26.4 Å². The van der Waals surface area contributed by atoms with Crippen molar-refractivity contribution in [1.82, 2.24) is 5.32 Å². The van der Waals surface area contributed by atoms with Crippen molar-refractivity contribution >= 4 is 21.6 Å². The summed E-state index contributed by atoms with van der Waals surface area (Å²) in [5.41, 5.74) is 3.07. The van der Waals surface area contributed by atoms with Crippen molar-refractivity contribution in [2.24, 2.45) is 0 Å². The van der Waals surface area contributed by atoms with E-state index in [1.54, 1.807) is 24.3 Å². The fourth-order valence-corrected chi connectivity index (χ4v) is 6.42. The van der Waals surface area contributed by atoms with Gasteiger partial charge in [-0.05, 0) is 65.1 Å². The molecule has 5 nitrogen and oxygen atoms in total. The molecule has 4 aromatic rings. The standard InChI is InChI=1S/C30H25F3N2O3S/c1-20-7-2-3-9-24(20)19-34-29(36)28-18-23-8-4-5-12-27(23)35(28)39(37,38)26-15-13-21(14-16-26)22-10-6-11-25(17-22)30(31,32)33/h2-17,28H,18-19H2,1H3,(H,34,36)/t28-/m0/s1. The first-order valence-corrected chi connectivity index (χ1v) is 13.7. The van der Waals surface area contributed by atoms with E-state index in [-0.39, 0.29) is 17.9 Å². The van der Waals surface area contributed by atoms with Crippen LogP contribution >= 0.6 is 0 Å². The maximum Gasteiger partial charge on any atom is 0.416 e. The highest BCUT2D eigenvalue weighted by molar-refractivity contribution is 7.93. The van der Waals surface area contributed by atoms with Crippen molar-refractivity contribution in [2.75, 3.05) is 4.31 Å². The Morgan fingerprint density at radius 2 is 1.59 bits per heavy atom. The normalized spacial score (nSPS) is 15.2. The van der Waals surface area contributed by atoms with Crippen LogP contribution < -0.4 is 9.62 Å². The summed E-state index contributed by atoms with van der Waals surface area (Å²) in [5, 5.41) is 2.88. The largest absolute Gasteiger partial charge is 0.416 e. The van der Waals surface area contributed by atoms with Crippen LogP contribution in [0.15, 0.2) is 102 Å². The van der Waals surface area contributed by atoms with E-state index in [1.807, 2.05) is 31.2 Å². The Kier molecular flexibility index (Phi) is 6.94. The molecule has 1 atom stereocenters. The van der Waals surface area contributed by atoms with Gasteiger partial charge >= 0.3 is 6.18 Å². The summed E-state index contributed by atoms with van der Waals surface area (Å²) in [4.78, 5) is 13.3. The Hall–Kier alpha value is -4.11. The van der Waals surface area contributed by atoms with Crippen molar-refractivity contribution in [3.05, 3.63) is 119 Å². The maximum atomic E-state index is 13.9. The average molecular weight is 551 g/mol. The molecule has 1 N–H and O–H groups in total. The molecule has 0 fully saturated rings. The Morgan fingerprint density at radius 3 is 2.31 bits per heavy atom. The Labute approximate surface area is 225 Å². The highest BCUT2D eigenvalue weighted by Gasteiger charge is 2.42. The number of alkyl halides is 3. The van der Waals surface area contributed by atoms with E-state index in [0.717, 1.165) is 33.1 Å². The smallest absolute Gasteiger partial charge is 0.350 e. The summed E-state index contributed by atoms with van der Waals surface area (Å²) in [7, 11) is -4.18. The lowest BCUT2D eigenvalue weighted by Gasteiger charge is -2.26. The van der Waals surface area contributed by atoms with Crippen LogP contribution in [0.3, 0.4) is 0 Å². The lowest BCUT2D eigenvalue weighted by Crippen LogP contribution is -2.47. The number of sulfonamides is 1. The molecule has 39 heavy (non-hydrogen) atoms. The first-order chi connectivity index (χ1) is 18.6. The first-order valence-electron chi connectivity index (χ1n) is 12.3. The van der Waals surface area contributed by atoms with Crippen LogP contribution in [0.25, 0.3) is 11.1 Å². The minimum atomic E-state index is -4.49. The van der Waals surface area contributed by atoms with Gasteiger partial charge in [0.25, 0.3) is 10.0 Å². The van der Waals surface area contributed by atoms with Gasteiger partial charge < -0.3 is 5.32 Å². The molecule has 1 aliphatic rings. The van der Waals surface area contributed by atoms with Gasteiger partial charge in [-0.1, -0.05) is 66.7 Å². The second kappa shape index (κ2) is 10.2. The molecule has 9 heteroatoms. The van der Waals surface area contributed by atoms with Crippen molar-refractivity contribution in [2.45, 2.75) is 37.0 Å². The summed E-state index contributed by atoms with van der Waals surface area (Å²) in [6.45, 7) is 2.20. The Balaban J connectivity index is 1.44. The highest BCUT2D eigenvalue weighted by atomic mass is 32.2. The van der Waals surface area contributed by atoms with Gasteiger partial charge in [-0.3, -0.25) is 9.10 Å². The summed E-state index contributed by atoms with van der Waals surface area (Å²) in [5.74, 6) is -0.418. The van der Waals surface area contributed by atoms with Crippen LogP contribution in [0, 0.1) is 6.92 Å². The third-order valence-electron chi connectivity index (χ3n) is 6.88. The minimum Gasteiger partial charge on any atom is -0.350 e. The van der Waals surface area contributed by atoms with Gasteiger partial charge in [-0.25, -0.2) is 8.42 Å². The van der Waals surface area contributed by atoms with Crippen LogP contribution in [0.2, 0.25) is 0 Å². The molecule has 1 amide bonds. The number of nitrogens with zero attached hydrogens (tertiary/aromatic N) is 1. The zero-order valence-corrected chi connectivity index (χ0v) is 21.8. The van der Waals surface area contributed by atoms with Crippen LogP contribution in [-0.2, 0) is 34.0 Å². The second-order valence-corrected chi connectivity index (χ2v) is 11.2. The number of para-hydroxylation sites is 1. The number of hydrogen-bond acceptors (Lipinski definition) is 3. The number of anilines is 1.